The molecule has 0 amide bonds. The molecular formula is C20H24N6O2S. The van der Waals surface area contributed by atoms with Crippen LogP contribution in [0.3, 0.4) is 0 Å². The standard InChI is InChI=1S/C20H24N6O2S/c1-26(2)14-13-23-29(27,28)18-9-7-17(8-10-18)24-20-22-12-11-19(25-20)15-3-5-16(21)6-4-15/h3-12,23H,13-14,21H2,1-2H3,(H,22,24,25). The number of hydrogen-bond donors (Lipinski definition) is 3. The molecular weight excluding hydrogens is 388 g/mol. The fourth-order valence-corrected chi connectivity index (χ4v) is 3.59. The molecule has 0 radical (unpaired) electrons. The lowest BCUT2D eigenvalue weighted by molar-refractivity contribution is 0.412. The molecule has 0 aliphatic carbocycles. The monoisotopic (exact) mass is 412 g/mol. The van der Waals surface area contributed by atoms with Gasteiger partial charge in [0.25, 0.3) is 0 Å². The van der Waals surface area contributed by atoms with Crippen LogP contribution in [-0.2, 0) is 10.0 Å². The third-order valence-corrected chi connectivity index (χ3v) is 5.61. The second-order valence-electron chi connectivity index (χ2n) is 6.74. The molecule has 9 heteroatoms. The zero-order chi connectivity index (χ0) is 20.9. The molecule has 0 aliphatic rings. The third-order valence-electron chi connectivity index (χ3n) is 4.13. The van der Waals surface area contributed by atoms with Crippen LogP contribution < -0.4 is 15.8 Å². The first-order chi connectivity index (χ1) is 13.8. The van der Waals surface area contributed by atoms with Crippen LogP contribution in [0.5, 0.6) is 0 Å². The Bertz CT molecular complexity index is 1050. The van der Waals surface area contributed by atoms with Crippen molar-refractivity contribution in [1.82, 2.24) is 19.6 Å². The highest BCUT2D eigenvalue weighted by molar-refractivity contribution is 7.89. The molecule has 0 atom stereocenters. The average molecular weight is 413 g/mol. The van der Waals surface area contributed by atoms with Gasteiger partial charge in [0.15, 0.2) is 0 Å². The normalized spacial score (nSPS) is 11.6. The van der Waals surface area contributed by atoms with Crippen LogP contribution in [0, 0.1) is 0 Å². The highest BCUT2D eigenvalue weighted by Gasteiger charge is 2.13. The number of aromatic nitrogens is 2. The Labute approximate surface area is 170 Å². The number of rotatable bonds is 8. The molecule has 3 rings (SSSR count). The van der Waals surface area contributed by atoms with Crippen LogP contribution in [0.15, 0.2) is 65.7 Å². The van der Waals surface area contributed by atoms with Gasteiger partial charge in [-0.1, -0.05) is 12.1 Å². The molecule has 3 aromatic rings. The second kappa shape index (κ2) is 8.99. The average Bonchev–Trinajstić information content (AvgIpc) is 2.69. The molecule has 2 aromatic carbocycles. The van der Waals surface area contributed by atoms with E-state index in [1.54, 1.807) is 30.5 Å². The van der Waals surface area contributed by atoms with Crippen molar-refractivity contribution in [2.75, 3.05) is 38.2 Å². The molecule has 0 spiro atoms. The first-order valence-electron chi connectivity index (χ1n) is 9.04. The summed E-state index contributed by atoms with van der Waals surface area (Å²) in [6.07, 6.45) is 1.66. The van der Waals surface area contributed by atoms with Gasteiger partial charge < -0.3 is 16.0 Å². The molecule has 0 bridgehead atoms. The Morgan fingerprint density at radius 3 is 2.34 bits per heavy atom. The maximum atomic E-state index is 12.3. The van der Waals surface area contributed by atoms with Crippen molar-refractivity contribution in [3.05, 3.63) is 60.8 Å². The van der Waals surface area contributed by atoms with E-state index in [0.717, 1.165) is 11.3 Å². The molecule has 0 saturated carbocycles. The minimum atomic E-state index is -3.54. The van der Waals surface area contributed by atoms with Crippen molar-refractivity contribution in [1.29, 1.82) is 0 Å². The van der Waals surface area contributed by atoms with Gasteiger partial charge in [0.1, 0.15) is 0 Å². The van der Waals surface area contributed by atoms with Gasteiger partial charge >= 0.3 is 0 Å². The van der Waals surface area contributed by atoms with Crippen LogP contribution in [0.4, 0.5) is 17.3 Å². The van der Waals surface area contributed by atoms with Gasteiger partial charge in [0, 0.05) is 36.2 Å². The van der Waals surface area contributed by atoms with E-state index in [1.807, 2.05) is 49.3 Å². The molecule has 29 heavy (non-hydrogen) atoms. The summed E-state index contributed by atoms with van der Waals surface area (Å²) >= 11 is 0. The number of sulfonamides is 1. The molecule has 0 unspecified atom stereocenters. The maximum absolute atomic E-state index is 12.3. The Morgan fingerprint density at radius 1 is 1.00 bits per heavy atom. The molecule has 1 heterocycles. The van der Waals surface area contributed by atoms with E-state index in [1.165, 1.54) is 0 Å². The quantitative estimate of drug-likeness (QED) is 0.487. The number of nitrogens with zero attached hydrogens (tertiary/aromatic N) is 3. The fraction of sp³-hybridized carbons (Fsp3) is 0.200. The number of nitrogen functional groups attached to an aromatic ring is 1. The van der Waals surface area contributed by atoms with E-state index in [9.17, 15) is 8.42 Å². The second-order valence-corrected chi connectivity index (χ2v) is 8.50. The zero-order valence-electron chi connectivity index (χ0n) is 16.3. The van der Waals surface area contributed by atoms with Crippen molar-refractivity contribution in [2.24, 2.45) is 0 Å². The van der Waals surface area contributed by atoms with Crippen LogP contribution in [0.2, 0.25) is 0 Å². The number of benzene rings is 2. The summed E-state index contributed by atoms with van der Waals surface area (Å²) in [5.41, 5.74) is 8.78. The van der Waals surface area contributed by atoms with Crippen molar-refractivity contribution < 1.29 is 8.42 Å². The number of likely N-dealkylation sites (N-methyl/N-ethyl adjacent to an activating group) is 1. The van der Waals surface area contributed by atoms with Gasteiger partial charge in [-0.2, -0.15) is 0 Å². The predicted molar refractivity (Wildman–Crippen MR) is 115 cm³/mol. The minimum absolute atomic E-state index is 0.207. The summed E-state index contributed by atoms with van der Waals surface area (Å²) < 4.78 is 27.2. The van der Waals surface area contributed by atoms with E-state index in [-0.39, 0.29) is 4.90 Å². The SMILES string of the molecule is CN(C)CCNS(=O)(=O)c1ccc(Nc2nccc(-c3ccc(N)cc3)n2)cc1. The third kappa shape index (κ3) is 5.74. The number of hydrogen-bond acceptors (Lipinski definition) is 7. The van der Waals surface area contributed by atoms with E-state index < -0.39 is 10.0 Å². The lowest BCUT2D eigenvalue weighted by Crippen LogP contribution is -2.31. The van der Waals surface area contributed by atoms with E-state index >= 15 is 0 Å². The molecule has 152 valence electrons. The van der Waals surface area contributed by atoms with Crippen LogP contribution >= 0.6 is 0 Å². The van der Waals surface area contributed by atoms with Crippen LogP contribution in [0.1, 0.15) is 0 Å². The molecule has 4 N–H and O–H groups in total. The maximum Gasteiger partial charge on any atom is 0.240 e. The van der Waals surface area contributed by atoms with E-state index in [0.29, 0.717) is 30.4 Å². The number of nitrogens with one attached hydrogen (secondary N) is 2. The Hall–Kier alpha value is -3.01. The Morgan fingerprint density at radius 2 is 1.69 bits per heavy atom. The van der Waals surface area contributed by atoms with E-state index in [2.05, 4.69) is 20.0 Å². The van der Waals surface area contributed by atoms with Gasteiger partial charge in [0.05, 0.1) is 10.6 Å². The van der Waals surface area contributed by atoms with Crippen LogP contribution in [-0.4, -0.2) is 50.5 Å². The molecule has 1 aromatic heterocycles. The van der Waals surface area contributed by atoms with Gasteiger partial charge in [-0.25, -0.2) is 23.1 Å². The lowest BCUT2D eigenvalue weighted by atomic mass is 10.1. The Balaban J connectivity index is 1.70. The van der Waals surface area contributed by atoms with Gasteiger partial charge in [-0.05, 0) is 56.6 Å². The largest absolute Gasteiger partial charge is 0.399 e. The first-order valence-corrected chi connectivity index (χ1v) is 10.5. The summed E-state index contributed by atoms with van der Waals surface area (Å²) in [7, 11) is 0.238. The molecule has 8 nitrogen and oxygen atoms in total. The van der Waals surface area contributed by atoms with Crippen LogP contribution in [0.25, 0.3) is 11.3 Å². The Kier molecular flexibility index (Phi) is 6.42. The molecule has 0 aliphatic heterocycles. The summed E-state index contributed by atoms with van der Waals surface area (Å²) in [5, 5.41) is 3.09. The highest BCUT2D eigenvalue weighted by atomic mass is 32.2. The summed E-state index contributed by atoms with van der Waals surface area (Å²) in [4.78, 5) is 10.8. The van der Waals surface area contributed by atoms with Gasteiger partial charge in [-0.3, -0.25) is 0 Å². The van der Waals surface area contributed by atoms with Crippen molar-refractivity contribution in [2.45, 2.75) is 4.90 Å². The zero-order valence-corrected chi connectivity index (χ0v) is 17.1. The first kappa shape index (κ1) is 20.7. The van der Waals surface area contributed by atoms with Crippen molar-refractivity contribution in [3.8, 4) is 11.3 Å². The van der Waals surface area contributed by atoms with Gasteiger partial charge in [-0.15, -0.1) is 0 Å². The highest BCUT2D eigenvalue weighted by Crippen LogP contribution is 2.21. The predicted octanol–water partition coefficient (Wildman–Crippen LogP) is 2.31. The summed E-state index contributed by atoms with van der Waals surface area (Å²) in [5.74, 6) is 0.416. The lowest BCUT2D eigenvalue weighted by Gasteiger charge is -2.11. The molecule has 0 saturated heterocycles. The van der Waals surface area contributed by atoms with Gasteiger partial charge in [0.2, 0.25) is 16.0 Å². The number of anilines is 3. The molecule has 0 fully saturated rings. The van der Waals surface area contributed by atoms with Crippen molar-refractivity contribution in [3.63, 3.8) is 0 Å². The minimum Gasteiger partial charge on any atom is -0.399 e. The van der Waals surface area contributed by atoms with E-state index in [4.69, 9.17) is 5.73 Å². The smallest absolute Gasteiger partial charge is 0.240 e. The fourth-order valence-electron chi connectivity index (χ4n) is 2.57. The summed E-state index contributed by atoms with van der Waals surface area (Å²) in [6, 6.07) is 15.7. The van der Waals surface area contributed by atoms with Crippen molar-refractivity contribution >= 4 is 27.3 Å². The topological polar surface area (TPSA) is 113 Å². The summed E-state index contributed by atoms with van der Waals surface area (Å²) in [6.45, 7) is 0.974. The number of nitrogens with two attached hydrogens (primary N) is 1.